The van der Waals surface area contributed by atoms with Crippen molar-refractivity contribution in [1.29, 1.82) is 0 Å². The van der Waals surface area contributed by atoms with Crippen LogP contribution in [-0.4, -0.2) is 44.7 Å². The van der Waals surface area contributed by atoms with Gasteiger partial charge in [-0.25, -0.2) is 23.1 Å². The second-order valence-electron chi connectivity index (χ2n) is 8.90. The Kier molecular flexibility index (Phi) is 5.96. The smallest absolute Gasteiger partial charge is 0.266 e. The first kappa shape index (κ1) is 23.3. The Morgan fingerprint density at radius 3 is 2.77 bits per heavy atom. The summed E-state index contributed by atoms with van der Waals surface area (Å²) in [6.45, 7) is 2.69. The average Bonchev–Trinajstić information content (AvgIpc) is 3.45. The van der Waals surface area contributed by atoms with Gasteiger partial charge in [0, 0.05) is 31.7 Å². The van der Waals surface area contributed by atoms with Gasteiger partial charge in [0.15, 0.2) is 0 Å². The van der Waals surface area contributed by atoms with Crippen molar-refractivity contribution in [3.8, 4) is 0 Å². The van der Waals surface area contributed by atoms with Crippen molar-refractivity contribution >= 4 is 22.8 Å². The zero-order valence-corrected chi connectivity index (χ0v) is 19.2. The number of amides is 1. The predicted molar refractivity (Wildman–Crippen MR) is 122 cm³/mol. The molecular formula is C24H24F3N5O3. The van der Waals surface area contributed by atoms with Gasteiger partial charge < -0.3 is 15.0 Å². The summed E-state index contributed by atoms with van der Waals surface area (Å²) in [6.07, 6.45) is -0.340. The van der Waals surface area contributed by atoms with Crippen molar-refractivity contribution in [3.63, 3.8) is 0 Å². The predicted octanol–water partition coefficient (Wildman–Crippen LogP) is 3.79. The Hall–Kier alpha value is -3.47. The van der Waals surface area contributed by atoms with E-state index in [2.05, 4.69) is 15.3 Å². The second-order valence-corrected chi connectivity index (χ2v) is 8.90. The van der Waals surface area contributed by atoms with Crippen molar-refractivity contribution in [2.24, 2.45) is 13.0 Å². The number of carbonyl (C=O) groups excluding carboxylic acids is 1. The Balaban J connectivity index is 1.53. The minimum atomic E-state index is -2.95. The number of aromatic nitrogens is 3. The van der Waals surface area contributed by atoms with Gasteiger partial charge in [0.05, 0.1) is 17.0 Å². The number of hydrogen-bond acceptors (Lipinski definition) is 6. The number of anilines is 1. The molecule has 5 rings (SSSR count). The second kappa shape index (κ2) is 8.95. The normalized spacial score (nSPS) is 20.5. The van der Waals surface area contributed by atoms with Crippen molar-refractivity contribution in [2.75, 3.05) is 18.5 Å². The van der Waals surface area contributed by atoms with Gasteiger partial charge >= 0.3 is 0 Å². The van der Waals surface area contributed by atoms with Crippen LogP contribution in [0.25, 0.3) is 11.0 Å². The summed E-state index contributed by atoms with van der Waals surface area (Å²) in [6, 6.07) is 4.52. The molecular weight excluding hydrogens is 463 g/mol. The standard InChI is InChI=1S/C24H24F3N5O3/c1-12(14-4-3-5-15(18(14)25)19(26)27)30-20-16-10-17(22(33)31(2)21(16)29-11-28-20)23(34)32-8-6-13-7-9-35-24(13)32/h3-5,10-13,19,24H,6-9H2,1-2H3,(H,28,29,30)/t12-,13-,24?/m1/s1. The van der Waals surface area contributed by atoms with Gasteiger partial charge in [-0.3, -0.25) is 14.2 Å². The quantitative estimate of drug-likeness (QED) is 0.589. The van der Waals surface area contributed by atoms with Crippen molar-refractivity contribution < 1.29 is 22.7 Å². The largest absolute Gasteiger partial charge is 0.363 e. The first-order valence-electron chi connectivity index (χ1n) is 11.4. The SMILES string of the molecule is C[C@@H](Nc1ncnc2c1cc(C(=O)N1CC[C@@H]3CCOC31)c(=O)n2C)c1cccc(C(F)F)c1F. The van der Waals surface area contributed by atoms with Crippen LogP contribution in [0.15, 0.2) is 35.4 Å². The molecule has 1 unspecified atom stereocenters. The van der Waals surface area contributed by atoms with E-state index in [0.717, 1.165) is 18.9 Å². The van der Waals surface area contributed by atoms with E-state index in [9.17, 15) is 22.8 Å². The zero-order chi connectivity index (χ0) is 24.9. The van der Waals surface area contributed by atoms with Crippen molar-refractivity contribution in [1.82, 2.24) is 19.4 Å². The number of pyridine rings is 1. The van der Waals surface area contributed by atoms with Crippen LogP contribution in [0.4, 0.5) is 19.0 Å². The van der Waals surface area contributed by atoms with E-state index in [0.29, 0.717) is 18.5 Å². The number of rotatable bonds is 5. The van der Waals surface area contributed by atoms with E-state index in [4.69, 9.17) is 4.74 Å². The lowest BCUT2D eigenvalue weighted by molar-refractivity contribution is -0.00114. The Morgan fingerprint density at radius 2 is 2.00 bits per heavy atom. The molecule has 1 N–H and O–H groups in total. The molecule has 35 heavy (non-hydrogen) atoms. The number of benzene rings is 1. The highest BCUT2D eigenvalue weighted by molar-refractivity contribution is 5.99. The molecule has 3 aromatic rings. The molecule has 11 heteroatoms. The summed E-state index contributed by atoms with van der Waals surface area (Å²) in [5.41, 5.74) is -0.923. The molecule has 0 spiro atoms. The molecule has 0 radical (unpaired) electrons. The van der Waals surface area contributed by atoms with Crippen LogP contribution in [0.1, 0.15) is 53.7 Å². The Morgan fingerprint density at radius 1 is 1.23 bits per heavy atom. The average molecular weight is 487 g/mol. The first-order chi connectivity index (χ1) is 16.8. The maximum Gasteiger partial charge on any atom is 0.266 e. The number of carbonyl (C=O) groups is 1. The van der Waals surface area contributed by atoms with Gasteiger partial charge in [-0.05, 0) is 25.8 Å². The summed E-state index contributed by atoms with van der Waals surface area (Å²) in [5.74, 6) is -0.918. The van der Waals surface area contributed by atoms with Gasteiger partial charge in [0.25, 0.3) is 17.9 Å². The molecule has 2 aliphatic heterocycles. The van der Waals surface area contributed by atoms with E-state index in [-0.39, 0.29) is 34.7 Å². The summed E-state index contributed by atoms with van der Waals surface area (Å²) in [5, 5.41) is 3.40. The minimum absolute atomic E-state index is 0.0390. The highest BCUT2D eigenvalue weighted by Crippen LogP contribution is 2.34. The van der Waals surface area contributed by atoms with Crippen LogP contribution < -0.4 is 10.9 Å². The fourth-order valence-corrected chi connectivity index (χ4v) is 4.95. The molecule has 2 saturated heterocycles. The summed E-state index contributed by atoms with van der Waals surface area (Å²) in [4.78, 5) is 36.4. The lowest BCUT2D eigenvalue weighted by Crippen LogP contribution is -2.40. The van der Waals surface area contributed by atoms with E-state index in [1.165, 1.54) is 36.1 Å². The van der Waals surface area contributed by atoms with Crippen LogP contribution in [0.3, 0.4) is 0 Å². The number of ether oxygens (including phenoxy) is 1. The number of nitrogens with zero attached hydrogens (tertiary/aromatic N) is 4. The van der Waals surface area contributed by atoms with E-state index in [1.54, 1.807) is 11.8 Å². The summed E-state index contributed by atoms with van der Waals surface area (Å²) < 4.78 is 48.0. The zero-order valence-electron chi connectivity index (χ0n) is 19.2. The number of fused-ring (bicyclic) bond motifs is 2. The van der Waals surface area contributed by atoms with E-state index >= 15 is 0 Å². The van der Waals surface area contributed by atoms with Gasteiger partial charge in [-0.15, -0.1) is 0 Å². The Bertz CT molecular complexity index is 1360. The molecule has 0 saturated carbocycles. The van der Waals surface area contributed by atoms with Gasteiger partial charge in [-0.2, -0.15) is 0 Å². The van der Waals surface area contributed by atoms with Crippen LogP contribution >= 0.6 is 0 Å². The van der Waals surface area contributed by atoms with Crippen LogP contribution in [0.2, 0.25) is 0 Å². The fourth-order valence-electron chi connectivity index (χ4n) is 4.95. The molecule has 2 aromatic heterocycles. The molecule has 4 heterocycles. The highest BCUT2D eigenvalue weighted by atomic mass is 19.3. The Labute approximate surface area is 198 Å². The molecule has 184 valence electrons. The number of halogens is 3. The number of hydrogen-bond donors (Lipinski definition) is 1. The summed E-state index contributed by atoms with van der Waals surface area (Å²) >= 11 is 0. The molecule has 0 bridgehead atoms. The summed E-state index contributed by atoms with van der Waals surface area (Å²) in [7, 11) is 1.51. The molecule has 0 aliphatic carbocycles. The lowest BCUT2D eigenvalue weighted by Gasteiger charge is -2.23. The van der Waals surface area contributed by atoms with Gasteiger partial charge in [-0.1, -0.05) is 18.2 Å². The molecule has 2 aliphatic rings. The van der Waals surface area contributed by atoms with E-state index in [1.807, 2.05) is 0 Å². The van der Waals surface area contributed by atoms with E-state index < -0.39 is 35.3 Å². The third-order valence-corrected chi connectivity index (χ3v) is 6.84. The molecule has 2 fully saturated rings. The number of aryl methyl sites for hydroxylation is 1. The van der Waals surface area contributed by atoms with Gasteiger partial charge in [0.2, 0.25) is 0 Å². The first-order valence-corrected chi connectivity index (χ1v) is 11.4. The van der Waals surface area contributed by atoms with Crippen LogP contribution in [-0.2, 0) is 11.8 Å². The maximum atomic E-state index is 14.7. The molecule has 8 nitrogen and oxygen atoms in total. The van der Waals surface area contributed by atoms with Crippen molar-refractivity contribution in [2.45, 2.75) is 38.5 Å². The van der Waals surface area contributed by atoms with Crippen LogP contribution in [0.5, 0.6) is 0 Å². The highest BCUT2D eigenvalue weighted by Gasteiger charge is 2.42. The number of likely N-dealkylation sites (tertiary alicyclic amines) is 1. The van der Waals surface area contributed by atoms with Crippen LogP contribution in [0, 0.1) is 11.7 Å². The fraction of sp³-hybridized carbons (Fsp3) is 0.417. The minimum Gasteiger partial charge on any atom is -0.363 e. The topological polar surface area (TPSA) is 89.4 Å². The third kappa shape index (κ3) is 3.93. The number of alkyl halides is 2. The van der Waals surface area contributed by atoms with Crippen molar-refractivity contribution in [3.05, 3.63) is 63.5 Å². The van der Waals surface area contributed by atoms with Gasteiger partial charge in [0.1, 0.15) is 35.4 Å². The lowest BCUT2D eigenvalue weighted by atomic mass is 10.0. The number of nitrogens with one attached hydrogen (secondary N) is 1. The molecule has 1 aromatic carbocycles. The monoisotopic (exact) mass is 487 g/mol. The maximum absolute atomic E-state index is 14.7. The molecule has 1 amide bonds. The third-order valence-electron chi connectivity index (χ3n) is 6.84. The molecule has 3 atom stereocenters.